The fourth-order valence-corrected chi connectivity index (χ4v) is 4.28. The summed E-state index contributed by atoms with van der Waals surface area (Å²) in [5.41, 5.74) is 0.855. The first-order valence-corrected chi connectivity index (χ1v) is 12.1. The molecule has 2 aromatic rings. The summed E-state index contributed by atoms with van der Waals surface area (Å²) in [6.07, 6.45) is 1.49. The molecule has 0 unspecified atom stereocenters. The molecule has 3 rings (SSSR count). The standard InChI is InChI=1S/C27H36N2O5/c1-5-32-22-16-21(17-23(33-6-2)24(22)34-7-3)25(30)29-15-11-14-27(4,19-29)26(31)28-18-20-12-9-8-10-13-20/h8-10,12-13,16-17H,5-7,11,14-15,18-19H2,1-4H3,(H,28,31)/t27-/m1/s1. The van der Waals surface area contributed by atoms with Crippen molar-refractivity contribution >= 4 is 11.8 Å². The van der Waals surface area contributed by atoms with Gasteiger partial charge in [-0.3, -0.25) is 9.59 Å². The van der Waals surface area contributed by atoms with E-state index in [2.05, 4.69) is 5.32 Å². The predicted octanol–water partition coefficient (Wildman–Crippen LogP) is 4.44. The van der Waals surface area contributed by atoms with E-state index in [0.717, 1.165) is 18.4 Å². The fourth-order valence-electron chi connectivity index (χ4n) is 4.28. The van der Waals surface area contributed by atoms with Crippen LogP contribution >= 0.6 is 0 Å². The number of piperidine rings is 1. The van der Waals surface area contributed by atoms with E-state index in [-0.39, 0.29) is 11.8 Å². The highest BCUT2D eigenvalue weighted by Crippen LogP contribution is 2.40. The van der Waals surface area contributed by atoms with E-state index < -0.39 is 5.41 Å². The van der Waals surface area contributed by atoms with Crippen LogP contribution in [0.3, 0.4) is 0 Å². The summed E-state index contributed by atoms with van der Waals surface area (Å²) in [6.45, 7) is 10.3. The van der Waals surface area contributed by atoms with E-state index in [0.29, 0.717) is 62.3 Å². The zero-order chi connectivity index (χ0) is 24.6. The minimum absolute atomic E-state index is 0.0365. The zero-order valence-electron chi connectivity index (χ0n) is 20.7. The number of hydrogen-bond donors (Lipinski definition) is 1. The summed E-state index contributed by atoms with van der Waals surface area (Å²) in [5, 5.41) is 3.05. The van der Waals surface area contributed by atoms with Crippen LogP contribution < -0.4 is 19.5 Å². The van der Waals surface area contributed by atoms with E-state index >= 15 is 0 Å². The highest BCUT2D eigenvalue weighted by atomic mass is 16.5. The number of benzene rings is 2. The Kier molecular flexibility index (Phi) is 8.79. The molecule has 184 valence electrons. The Morgan fingerprint density at radius 1 is 0.971 bits per heavy atom. The van der Waals surface area contributed by atoms with Crippen LogP contribution in [0.2, 0.25) is 0 Å². The average Bonchev–Trinajstić information content (AvgIpc) is 2.84. The van der Waals surface area contributed by atoms with Crippen LogP contribution in [0.5, 0.6) is 17.2 Å². The lowest BCUT2D eigenvalue weighted by atomic mass is 9.80. The van der Waals surface area contributed by atoms with Crippen molar-refractivity contribution in [1.29, 1.82) is 0 Å². The normalized spacial score (nSPS) is 17.7. The number of hydrogen-bond acceptors (Lipinski definition) is 5. The van der Waals surface area contributed by atoms with Gasteiger partial charge in [-0.1, -0.05) is 30.3 Å². The second-order valence-electron chi connectivity index (χ2n) is 8.66. The third kappa shape index (κ3) is 6.01. The van der Waals surface area contributed by atoms with E-state index in [1.165, 1.54) is 0 Å². The molecule has 0 aromatic heterocycles. The van der Waals surface area contributed by atoms with Crippen molar-refractivity contribution in [2.45, 2.75) is 47.1 Å². The Hall–Kier alpha value is -3.22. The van der Waals surface area contributed by atoms with Crippen LogP contribution in [0, 0.1) is 5.41 Å². The number of carbonyl (C=O) groups excluding carboxylic acids is 2. The molecule has 1 saturated heterocycles. The van der Waals surface area contributed by atoms with E-state index in [1.807, 2.05) is 58.0 Å². The summed E-state index contributed by atoms with van der Waals surface area (Å²) >= 11 is 0. The van der Waals surface area contributed by atoms with Gasteiger partial charge in [-0.05, 0) is 58.2 Å². The fraction of sp³-hybridized carbons (Fsp3) is 0.481. The van der Waals surface area contributed by atoms with Gasteiger partial charge in [0.1, 0.15) is 0 Å². The number of amides is 2. The predicted molar refractivity (Wildman–Crippen MR) is 131 cm³/mol. The molecule has 0 radical (unpaired) electrons. The summed E-state index contributed by atoms with van der Waals surface area (Å²) in [5.74, 6) is 1.29. The van der Waals surface area contributed by atoms with Crippen molar-refractivity contribution < 1.29 is 23.8 Å². The quantitative estimate of drug-likeness (QED) is 0.558. The maximum absolute atomic E-state index is 13.5. The van der Waals surface area contributed by atoms with Crippen molar-refractivity contribution in [3.05, 3.63) is 53.6 Å². The Morgan fingerprint density at radius 2 is 1.59 bits per heavy atom. The number of ether oxygens (including phenoxy) is 3. The molecule has 1 aliphatic heterocycles. The molecule has 34 heavy (non-hydrogen) atoms. The van der Waals surface area contributed by atoms with Gasteiger partial charge in [0.15, 0.2) is 11.5 Å². The number of likely N-dealkylation sites (tertiary alicyclic amines) is 1. The average molecular weight is 469 g/mol. The van der Waals surface area contributed by atoms with Crippen LogP contribution in [0.25, 0.3) is 0 Å². The van der Waals surface area contributed by atoms with Crippen molar-refractivity contribution in [2.75, 3.05) is 32.9 Å². The Morgan fingerprint density at radius 3 is 2.18 bits per heavy atom. The Bertz CT molecular complexity index is 951. The molecule has 2 amide bonds. The summed E-state index contributed by atoms with van der Waals surface area (Å²) < 4.78 is 17.3. The lowest BCUT2D eigenvalue weighted by Crippen LogP contribution is -2.51. The van der Waals surface area contributed by atoms with Crippen LogP contribution in [-0.4, -0.2) is 49.6 Å². The van der Waals surface area contributed by atoms with Gasteiger partial charge in [0.05, 0.1) is 25.2 Å². The third-order valence-electron chi connectivity index (χ3n) is 5.98. The van der Waals surface area contributed by atoms with Crippen LogP contribution in [0.1, 0.15) is 56.5 Å². The summed E-state index contributed by atoms with van der Waals surface area (Å²) in [6, 6.07) is 13.2. The first kappa shape index (κ1) is 25.4. The minimum Gasteiger partial charge on any atom is -0.490 e. The number of rotatable bonds is 10. The van der Waals surface area contributed by atoms with Gasteiger partial charge in [-0.15, -0.1) is 0 Å². The zero-order valence-corrected chi connectivity index (χ0v) is 20.7. The second-order valence-corrected chi connectivity index (χ2v) is 8.66. The van der Waals surface area contributed by atoms with E-state index in [1.54, 1.807) is 17.0 Å². The maximum Gasteiger partial charge on any atom is 0.254 e. The molecule has 1 heterocycles. The largest absolute Gasteiger partial charge is 0.490 e. The van der Waals surface area contributed by atoms with E-state index in [9.17, 15) is 9.59 Å². The molecule has 0 spiro atoms. The van der Waals surface area contributed by atoms with Gasteiger partial charge in [0, 0.05) is 25.2 Å². The monoisotopic (exact) mass is 468 g/mol. The molecule has 1 atom stereocenters. The molecular formula is C27H36N2O5. The molecule has 0 saturated carbocycles. The summed E-state index contributed by atoms with van der Waals surface area (Å²) in [7, 11) is 0. The molecule has 2 aromatic carbocycles. The number of carbonyl (C=O) groups is 2. The third-order valence-corrected chi connectivity index (χ3v) is 5.98. The van der Waals surface area contributed by atoms with Crippen molar-refractivity contribution in [1.82, 2.24) is 10.2 Å². The van der Waals surface area contributed by atoms with Crippen LogP contribution in [-0.2, 0) is 11.3 Å². The van der Waals surface area contributed by atoms with Gasteiger partial charge in [-0.25, -0.2) is 0 Å². The molecule has 0 aliphatic carbocycles. The second kappa shape index (κ2) is 11.8. The maximum atomic E-state index is 13.5. The van der Waals surface area contributed by atoms with Gasteiger partial charge >= 0.3 is 0 Å². The lowest BCUT2D eigenvalue weighted by Gasteiger charge is -2.39. The molecular weight excluding hydrogens is 432 g/mol. The molecule has 7 heteroatoms. The highest BCUT2D eigenvalue weighted by molar-refractivity contribution is 5.96. The van der Waals surface area contributed by atoms with Crippen molar-refractivity contribution in [3.63, 3.8) is 0 Å². The lowest BCUT2D eigenvalue weighted by molar-refractivity contribution is -0.132. The van der Waals surface area contributed by atoms with Crippen molar-refractivity contribution in [3.8, 4) is 17.2 Å². The van der Waals surface area contributed by atoms with Crippen LogP contribution in [0.15, 0.2) is 42.5 Å². The molecule has 1 fully saturated rings. The first-order chi connectivity index (χ1) is 16.4. The van der Waals surface area contributed by atoms with Gasteiger partial charge in [0.25, 0.3) is 5.91 Å². The molecule has 1 N–H and O–H groups in total. The Labute approximate surface area is 202 Å². The minimum atomic E-state index is -0.653. The van der Waals surface area contributed by atoms with Gasteiger partial charge in [-0.2, -0.15) is 0 Å². The first-order valence-electron chi connectivity index (χ1n) is 12.1. The van der Waals surface area contributed by atoms with Crippen LogP contribution in [0.4, 0.5) is 0 Å². The number of nitrogens with one attached hydrogen (secondary N) is 1. The SMILES string of the molecule is CCOc1cc(C(=O)N2CCC[C@@](C)(C(=O)NCc3ccccc3)C2)cc(OCC)c1OCC. The summed E-state index contributed by atoms with van der Waals surface area (Å²) in [4.78, 5) is 28.4. The smallest absolute Gasteiger partial charge is 0.254 e. The van der Waals surface area contributed by atoms with Crippen molar-refractivity contribution in [2.24, 2.45) is 5.41 Å². The number of nitrogens with zero attached hydrogens (tertiary/aromatic N) is 1. The topological polar surface area (TPSA) is 77.1 Å². The molecule has 7 nitrogen and oxygen atoms in total. The molecule has 1 aliphatic rings. The highest BCUT2D eigenvalue weighted by Gasteiger charge is 2.39. The van der Waals surface area contributed by atoms with E-state index in [4.69, 9.17) is 14.2 Å². The molecule has 0 bridgehead atoms. The van der Waals surface area contributed by atoms with Gasteiger partial charge < -0.3 is 24.4 Å². The Balaban J connectivity index is 1.78. The van der Waals surface area contributed by atoms with Gasteiger partial charge in [0.2, 0.25) is 11.7 Å².